The Morgan fingerprint density at radius 2 is 1.96 bits per heavy atom. The maximum absolute atomic E-state index is 12.1. The third-order valence-electron chi connectivity index (χ3n) is 4.20. The molecule has 1 atom stereocenters. The first-order valence-corrected chi connectivity index (χ1v) is 9.75. The number of benzene rings is 1. The fraction of sp³-hybridized carbons (Fsp3) is 0.200. The highest BCUT2D eigenvalue weighted by Gasteiger charge is 2.19. The summed E-state index contributed by atoms with van der Waals surface area (Å²) in [5.74, 6) is 0.686. The topological polar surface area (TPSA) is 94.1 Å². The van der Waals surface area contributed by atoms with E-state index in [0.717, 1.165) is 28.2 Å². The summed E-state index contributed by atoms with van der Waals surface area (Å²) in [6, 6.07) is 10.6. The first kappa shape index (κ1) is 18.1. The van der Waals surface area contributed by atoms with Crippen LogP contribution in [0.3, 0.4) is 0 Å². The molecule has 1 N–H and O–H groups in total. The van der Waals surface area contributed by atoms with E-state index in [4.69, 9.17) is 8.94 Å². The Hall–Kier alpha value is -3.26. The molecule has 0 fully saturated rings. The van der Waals surface area contributed by atoms with Crippen molar-refractivity contribution in [2.75, 3.05) is 0 Å². The van der Waals surface area contributed by atoms with E-state index in [1.54, 1.807) is 30.4 Å². The highest BCUT2D eigenvalue weighted by atomic mass is 32.1. The van der Waals surface area contributed by atoms with Gasteiger partial charge in [-0.05, 0) is 25.5 Å². The summed E-state index contributed by atoms with van der Waals surface area (Å²) in [7, 11) is 0. The molecule has 1 unspecified atom stereocenters. The number of furan rings is 1. The first-order valence-electron chi connectivity index (χ1n) is 8.87. The number of aryl methyl sites for hydroxylation is 1. The van der Waals surface area contributed by atoms with E-state index in [-0.39, 0.29) is 11.7 Å². The summed E-state index contributed by atoms with van der Waals surface area (Å²) in [5, 5.41) is 9.97. The van der Waals surface area contributed by atoms with Crippen LogP contribution in [-0.2, 0) is 6.42 Å². The molecule has 1 amide bonds. The van der Waals surface area contributed by atoms with Crippen LogP contribution in [0, 0.1) is 0 Å². The van der Waals surface area contributed by atoms with E-state index in [2.05, 4.69) is 32.7 Å². The lowest BCUT2D eigenvalue weighted by Gasteiger charge is -2.07. The van der Waals surface area contributed by atoms with Crippen molar-refractivity contribution in [3.63, 3.8) is 0 Å². The number of carbonyl (C=O) groups is 1. The van der Waals surface area contributed by atoms with Crippen LogP contribution in [0.15, 0.2) is 57.0 Å². The van der Waals surface area contributed by atoms with Gasteiger partial charge in [-0.3, -0.25) is 4.79 Å². The molecular weight excluding hydrogens is 376 g/mol. The van der Waals surface area contributed by atoms with Crippen LogP contribution in [0.4, 0.5) is 0 Å². The molecule has 3 aromatic heterocycles. The highest BCUT2D eigenvalue weighted by molar-refractivity contribution is 7.09. The van der Waals surface area contributed by atoms with E-state index in [1.807, 2.05) is 24.3 Å². The number of nitrogens with zero attached hydrogens (tertiary/aromatic N) is 3. The number of carbonyl (C=O) groups excluding carboxylic acids is 1. The molecule has 0 spiro atoms. The number of thiazole rings is 1. The van der Waals surface area contributed by atoms with Crippen molar-refractivity contribution >= 4 is 17.2 Å². The third kappa shape index (κ3) is 3.72. The fourth-order valence-electron chi connectivity index (χ4n) is 2.66. The van der Waals surface area contributed by atoms with Gasteiger partial charge in [-0.15, -0.1) is 11.3 Å². The first-order chi connectivity index (χ1) is 13.6. The quantitative estimate of drug-likeness (QED) is 0.517. The van der Waals surface area contributed by atoms with Gasteiger partial charge in [0.2, 0.25) is 11.7 Å². The van der Waals surface area contributed by atoms with E-state index in [0.29, 0.717) is 11.7 Å². The minimum absolute atomic E-state index is 0.232. The molecule has 0 aliphatic carbocycles. The van der Waals surface area contributed by atoms with Gasteiger partial charge < -0.3 is 14.3 Å². The molecule has 0 saturated heterocycles. The standard InChI is InChI=1S/C20H18N4O3S/c1-3-17-22-15(11-28-17)13-6-8-14(9-7-13)18-23-20(27-24-18)12(2)21-19(25)16-5-4-10-26-16/h4-12H,3H2,1-2H3,(H,21,25). The molecule has 0 bridgehead atoms. The van der Waals surface area contributed by atoms with Crippen molar-refractivity contribution in [3.8, 4) is 22.6 Å². The van der Waals surface area contributed by atoms with Gasteiger partial charge >= 0.3 is 0 Å². The van der Waals surface area contributed by atoms with Crippen molar-refractivity contribution in [1.82, 2.24) is 20.4 Å². The number of rotatable bonds is 6. The molecule has 8 heteroatoms. The lowest BCUT2D eigenvalue weighted by Crippen LogP contribution is -2.26. The van der Waals surface area contributed by atoms with Crippen LogP contribution in [0.25, 0.3) is 22.6 Å². The van der Waals surface area contributed by atoms with Gasteiger partial charge in [-0.2, -0.15) is 4.98 Å². The van der Waals surface area contributed by atoms with E-state index in [9.17, 15) is 4.79 Å². The second-order valence-corrected chi connectivity index (χ2v) is 7.13. The van der Waals surface area contributed by atoms with Crippen LogP contribution >= 0.6 is 11.3 Å². The van der Waals surface area contributed by atoms with Gasteiger partial charge in [-0.25, -0.2) is 4.98 Å². The molecule has 0 aliphatic heterocycles. The lowest BCUT2D eigenvalue weighted by molar-refractivity contribution is 0.0904. The summed E-state index contributed by atoms with van der Waals surface area (Å²) in [4.78, 5) is 21.1. The van der Waals surface area contributed by atoms with Gasteiger partial charge in [0.1, 0.15) is 6.04 Å². The zero-order valence-electron chi connectivity index (χ0n) is 15.4. The summed E-state index contributed by atoms with van der Waals surface area (Å²) >= 11 is 1.66. The van der Waals surface area contributed by atoms with Crippen LogP contribution in [0.1, 0.15) is 41.3 Å². The molecule has 0 saturated carbocycles. The van der Waals surface area contributed by atoms with Crippen LogP contribution < -0.4 is 5.32 Å². The Kier molecular flexibility index (Phi) is 5.03. The van der Waals surface area contributed by atoms with Crippen molar-refractivity contribution in [1.29, 1.82) is 0 Å². The minimum Gasteiger partial charge on any atom is -0.459 e. The predicted octanol–water partition coefficient (Wildman–Crippen LogP) is 4.51. The normalized spacial score (nSPS) is 12.1. The lowest BCUT2D eigenvalue weighted by atomic mass is 10.1. The number of hydrogen-bond donors (Lipinski definition) is 1. The van der Waals surface area contributed by atoms with Crippen molar-refractivity contribution in [2.24, 2.45) is 0 Å². The van der Waals surface area contributed by atoms with Gasteiger partial charge in [0, 0.05) is 16.5 Å². The maximum Gasteiger partial charge on any atom is 0.287 e. The number of nitrogens with one attached hydrogen (secondary N) is 1. The maximum atomic E-state index is 12.1. The van der Waals surface area contributed by atoms with Gasteiger partial charge in [0.05, 0.1) is 17.0 Å². The number of amides is 1. The molecule has 3 heterocycles. The van der Waals surface area contributed by atoms with Crippen molar-refractivity contribution in [2.45, 2.75) is 26.3 Å². The largest absolute Gasteiger partial charge is 0.459 e. The highest BCUT2D eigenvalue weighted by Crippen LogP contribution is 2.25. The van der Waals surface area contributed by atoms with E-state index >= 15 is 0 Å². The molecule has 4 aromatic rings. The number of hydrogen-bond acceptors (Lipinski definition) is 7. The molecule has 7 nitrogen and oxygen atoms in total. The Bertz CT molecular complexity index is 1070. The Labute approximate surface area is 165 Å². The molecule has 4 rings (SSSR count). The van der Waals surface area contributed by atoms with E-state index < -0.39 is 6.04 Å². The van der Waals surface area contributed by atoms with E-state index in [1.165, 1.54) is 6.26 Å². The minimum atomic E-state index is -0.444. The fourth-order valence-corrected chi connectivity index (χ4v) is 3.42. The third-order valence-corrected chi connectivity index (χ3v) is 5.19. The Balaban J connectivity index is 1.47. The SMILES string of the molecule is CCc1nc(-c2ccc(-c3noc(C(C)NC(=O)c4ccco4)n3)cc2)cs1. The number of aromatic nitrogens is 3. The Morgan fingerprint density at radius 1 is 1.18 bits per heavy atom. The summed E-state index contributed by atoms with van der Waals surface area (Å²) in [6.45, 7) is 3.87. The second-order valence-electron chi connectivity index (χ2n) is 6.19. The molecular formula is C20H18N4O3S. The molecule has 0 aliphatic rings. The average Bonchev–Trinajstić information content (AvgIpc) is 3.49. The van der Waals surface area contributed by atoms with Crippen LogP contribution in [0.2, 0.25) is 0 Å². The predicted molar refractivity (Wildman–Crippen MR) is 105 cm³/mol. The van der Waals surface area contributed by atoms with Crippen molar-refractivity contribution < 1.29 is 13.7 Å². The zero-order valence-corrected chi connectivity index (χ0v) is 16.2. The molecule has 1 aromatic carbocycles. The zero-order chi connectivity index (χ0) is 19.5. The summed E-state index contributed by atoms with van der Waals surface area (Å²) in [6.07, 6.45) is 2.38. The smallest absolute Gasteiger partial charge is 0.287 e. The summed E-state index contributed by atoms with van der Waals surface area (Å²) < 4.78 is 10.4. The van der Waals surface area contributed by atoms with Gasteiger partial charge in [0.25, 0.3) is 5.91 Å². The molecule has 0 radical (unpaired) electrons. The monoisotopic (exact) mass is 394 g/mol. The summed E-state index contributed by atoms with van der Waals surface area (Å²) in [5.41, 5.74) is 2.84. The van der Waals surface area contributed by atoms with Crippen molar-refractivity contribution in [3.05, 3.63) is 64.7 Å². The molecule has 28 heavy (non-hydrogen) atoms. The van der Waals surface area contributed by atoms with Crippen LogP contribution in [0.5, 0.6) is 0 Å². The second kappa shape index (κ2) is 7.77. The average molecular weight is 394 g/mol. The van der Waals surface area contributed by atoms with Gasteiger partial charge in [-0.1, -0.05) is 36.3 Å². The Morgan fingerprint density at radius 3 is 2.64 bits per heavy atom. The van der Waals surface area contributed by atoms with Crippen LogP contribution in [-0.4, -0.2) is 21.0 Å². The molecule has 142 valence electrons. The van der Waals surface area contributed by atoms with Gasteiger partial charge in [0.15, 0.2) is 5.76 Å².